The van der Waals surface area contributed by atoms with Crippen molar-refractivity contribution in [3.63, 3.8) is 0 Å². The Balaban J connectivity index is 2.21. The summed E-state index contributed by atoms with van der Waals surface area (Å²) in [7, 11) is 0. The van der Waals surface area contributed by atoms with Crippen molar-refractivity contribution in [2.45, 2.75) is 12.8 Å². The van der Waals surface area contributed by atoms with Crippen molar-refractivity contribution in [1.82, 2.24) is 0 Å². The number of carboxylic acids is 1. The maximum absolute atomic E-state index is 11.0. The highest BCUT2D eigenvalue weighted by atomic mass is 79.9. The average Bonchev–Trinajstić information content (AvgIpc) is 3.15. The highest BCUT2D eigenvalue weighted by Gasteiger charge is 2.30. The lowest BCUT2D eigenvalue weighted by Crippen LogP contribution is -2.07. The minimum atomic E-state index is -1.15. The summed E-state index contributed by atoms with van der Waals surface area (Å²) < 4.78 is 0.927. The van der Waals surface area contributed by atoms with Crippen molar-refractivity contribution in [1.29, 1.82) is 0 Å². The minimum Gasteiger partial charge on any atom is -0.511 e. The fraction of sp³-hybridized carbons (Fsp3) is 0.231. The van der Waals surface area contributed by atoms with Gasteiger partial charge in [0.2, 0.25) is 0 Å². The molecule has 1 aliphatic rings. The maximum Gasteiger partial charge on any atom is 0.340 e. The van der Waals surface area contributed by atoms with E-state index in [9.17, 15) is 9.90 Å². The van der Waals surface area contributed by atoms with Gasteiger partial charge in [0.1, 0.15) is 11.3 Å². The van der Waals surface area contributed by atoms with E-state index in [0.717, 1.165) is 17.3 Å². The zero-order valence-electron chi connectivity index (χ0n) is 9.51. The number of aliphatic imine (C=N–C) groups is 1. The molecule has 1 saturated carbocycles. The number of halogens is 1. The topological polar surface area (TPSA) is 69.9 Å². The Kier molecular flexibility index (Phi) is 3.81. The second-order valence-electron chi connectivity index (χ2n) is 4.11. The molecule has 0 radical (unpaired) electrons. The molecule has 1 aliphatic carbocycles. The Morgan fingerprint density at radius 1 is 1.28 bits per heavy atom. The Morgan fingerprint density at radius 2 is 1.89 bits per heavy atom. The second kappa shape index (κ2) is 5.35. The van der Waals surface area contributed by atoms with Crippen LogP contribution in [0.5, 0.6) is 0 Å². The van der Waals surface area contributed by atoms with E-state index in [2.05, 4.69) is 20.9 Å². The highest BCUT2D eigenvalue weighted by Crippen LogP contribution is 2.36. The first-order chi connectivity index (χ1) is 8.58. The molecule has 2 rings (SSSR count). The van der Waals surface area contributed by atoms with Crippen molar-refractivity contribution in [3.8, 4) is 0 Å². The molecule has 0 atom stereocenters. The predicted molar refractivity (Wildman–Crippen MR) is 72.3 cm³/mol. The van der Waals surface area contributed by atoms with Crippen molar-refractivity contribution in [3.05, 3.63) is 40.1 Å². The van der Waals surface area contributed by atoms with Crippen LogP contribution in [0, 0.1) is 5.92 Å². The van der Waals surface area contributed by atoms with E-state index in [1.54, 1.807) is 12.1 Å². The molecule has 1 aromatic rings. The van der Waals surface area contributed by atoms with Crippen LogP contribution in [0.4, 0.5) is 5.69 Å². The second-order valence-corrected chi connectivity index (χ2v) is 5.03. The van der Waals surface area contributed by atoms with Gasteiger partial charge in [-0.05, 0) is 37.1 Å². The van der Waals surface area contributed by atoms with Crippen molar-refractivity contribution >= 4 is 33.8 Å². The average molecular weight is 310 g/mol. The fourth-order valence-electron chi connectivity index (χ4n) is 1.47. The van der Waals surface area contributed by atoms with Crippen LogP contribution in [-0.4, -0.2) is 22.4 Å². The van der Waals surface area contributed by atoms with Crippen molar-refractivity contribution in [2.75, 3.05) is 0 Å². The molecular weight excluding hydrogens is 298 g/mol. The normalized spacial score (nSPS) is 16.7. The lowest BCUT2D eigenvalue weighted by Gasteiger charge is -2.00. The van der Waals surface area contributed by atoms with E-state index < -0.39 is 5.97 Å². The number of carbonyl (C=O) groups is 1. The van der Waals surface area contributed by atoms with E-state index in [-0.39, 0.29) is 17.3 Å². The van der Waals surface area contributed by atoms with Crippen LogP contribution in [0.2, 0.25) is 0 Å². The van der Waals surface area contributed by atoms with Crippen LogP contribution in [0.3, 0.4) is 0 Å². The van der Waals surface area contributed by atoms with Crippen molar-refractivity contribution in [2.24, 2.45) is 10.9 Å². The Bertz CT molecular complexity index is 516. The summed E-state index contributed by atoms with van der Waals surface area (Å²) in [6.07, 6.45) is 2.89. The Morgan fingerprint density at radius 3 is 2.39 bits per heavy atom. The third-order valence-electron chi connectivity index (χ3n) is 2.64. The number of benzene rings is 1. The fourth-order valence-corrected chi connectivity index (χ4v) is 1.74. The van der Waals surface area contributed by atoms with E-state index >= 15 is 0 Å². The molecule has 0 unspecified atom stereocenters. The van der Waals surface area contributed by atoms with Gasteiger partial charge in [-0.3, -0.25) is 4.99 Å². The standard InChI is InChI=1S/C13H12BrNO3/c14-9-3-5-10(6-4-9)15-7-11(13(17)18)12(16)8-1-2-8/h3-8,16H,1-2H2,(H,17,18). The molecule has 1 fully saturated rings. The molecule has 94 valence electrons. The smallest absolute Gasteiger partial charge is 0.340 e. The van der Waals surface area contributed by atoms with E-state index in [0.29, 0.717) is 5.69 Å². The molecule has 0 saturated heterocycles. The van der Waals surface area contributed by atoms with Gasteiger partial charge in [0.05, 0.1) is 5.69 Å². The number of hydrogen-bond acceptors (Lipinski definition) is 3. The molecule has 4 nitrogen and oxygen atoms in total. The van der Waals surface area contributed by atoms with Gasteiger partial charge < -0.3 is 10.2 Å². The van der Waals surface area contributed by atoms with E-state index in [1.807, 2.05) is 12.1 Å². The zero-order chi connectivity index (χ0) is 13.1. The summed E-state index contributed by atoms with van der Waals surface area (Å²) in [6, 6.07) is 7.15. The van der Waals surface area contributed by atoms with Gasteiger partial charge in [-0.15, -0.1) is 0 Å². The van der Waals surface area contributed by atoms with Crippen LogP contribution in [0.15, 0.2) is 45.1 Å². The summed E-state index contributed by atoms with van der Waals surface area (Å²) in [4.78, 5) is 15.1. The molecule has 0 spiro atoms. The van der Waals surface area contributed by atoms with Crippen LogP contribution >= 0.6 is 15.9 Å². The number of aliphatic carboxylic acids is 1. The molecule has 5 heteroatoms. The van der Waals surface area contributed by atoms with Crippen LogP contribution < -0.4 is 0 Å². The summed E-state index contributed by atoms with van der Waals surface area (Å²) >= 11 is 3.30. The first-order valence-electron chi connectivity index (χ1n) is 5.54. The molecular formula is C13H12BrNO3. The van der Waals surface area contributed by atoms with Crippen LogP contribution in [0.1, 0.15) is 12.8 Å². The third kappa shape index (κ3) is 3.20. The molecule has 0 bridgehead atoms. The van der Waals surface area contributed by atoms with Gasteiger partial charge in [-0.2, -0.15) is 0 Å². The number of nitrogens with zero attached hydrogens (tertiary/aromatic N) is 1. The van der Waals surface area contributed by atoms with E-state index in [4.69, 9.17) is 5.11 Å². The molecule has 2 N–H and O–H groups in total. The third-order valence-corrected chi connectivity index (χ3v) is 3.17. The van der Waals surface area contributed by atoms with Crippen molar-refractivity contribution < 1.29 is 15.0 Å². The molecule has 1 aromatic carbocycles. The van der Waals surface area contributed by atoms with Gasteiger partial charge in [0, 0.05) is 16.6 Å². The number of hydrogen-bond donors (Lipinski definition) is 2. The van der Waals surface area contributed by atoms with Gasteiger partial charge in [-0.25, -0.2) is 4.79 Å². The first kappa shape index (κ1) is 12.8. The number of carboxylic acid groups (broad SMARTS) is 1. The SMILES string of the molecule is O=C(O)C(C=Nc1ccc(Br)cc1)=C(O)C1CC1. The molecule has 0 aliphatic heterocycles. The largest absolute Gasteiger partial charge is 0.511 e. The Hall–Kier alpha value is -1.62. The van der Waals surface area contributed by atoms with Gasteiger partial charge in [0.15, 0.2) is 0 Å². The summed E-state index contributed by atoms with van der Waals surface area (Å²) in [6.45, 7) is 0. The van der Waals surface area contributed by atoms with E-state index in [1.165, 1.54) is 6.21 Å². The molecule has 0 amide bonds. The summed E-state index contributed by atoms with van der Waals surface area (Å²) in [5.74, 6) is -1.23. The summed E-state index contributed by atoms with van der Waals surface area (Å²) in [5, 5.41) is 18.8. The summed E-state index contributed by atoms with van der Waals surface area (Å²) in [5.41, 5.74) is 0.515. The predicted octanol–water partition coefficient (Wildman–Crippen LogP) is 3.46. The lowest BCUT2D eigenvalue weighted by molar-refractivity contribution is -0.132. The quantitative estimate of drug-likeness (QED) is 0.508. The van der Waals surface area contributed by atoms with Gasteiger partial charge >= 0.3 is 5.97 Å². The number of aliphatic hydroxyl groups excluding tert-OH is 1. The molecule has 18 heavy (non-hydrogen) atoms. The minimum absolute atomic E-state index is 0.00697. The van der Waals surface area contributed by atoms with Crippen LogP contribution in [-0.2, 0) is 4.79 Å². The van der Waals surface area contributed by atoms with Gasteiger partial charge in [0.25, 0.3) is 0 Å². The molecule has 0 heterocycles. The molecule has 0 aromatic heterocycles. The number of rotatable bonds is 4. The first-order valence-corrected chi connectivity index (χ1v) is 6.33. The highest BCUT2D eigenvalue weighted by molar-refractivity contribution is 9.10. The number of allylic oxidation sites excluding steroid dienone is 1. The van der Waals surface area contributed by atoms with Gasteiger partial charge in [-0.1, -0.05) is 15.9 Å². The number of aliphatic hydroxyl groups is 1. The monoisotopic (exact) mass is 309 g/mol. The lowest BCUT2D eigenvalue weighted by atomic mass is 10.2. The zero-order valence-corrected chi connectivity index (χ0v) is 11.1. The van der Waals surface area contributed by atoms with Crippen LogP contribution in [0.25, 0.3) is 0 Å². The Labute approximate surface area is 113 Å². The maximum atomic E-state index is 11.0.